The number of halogens is 6. The normalized spacial score (nSPS) is 16.0. The zero-order valence-corrected chi connectivity index (χ0v) is 19.7. The molecule has 2 aromatic carbocycles. The minimum Gasteiger partial charge on any atom is -0.413 e. The topological polar surface area (TPSA) is 99.8 Å². The van der Waals surface area contributed by atoms with Gasteiger partial charge in [-0.3, -0.25) is 9.46 Å². The van der Waals surface area contributed by atoms with Gasteiger partial charge in [0.05, 0.1) is 17.8 Å². The zero-order chi connectivity index (χ0) is 27.0. The van der Waals surface area contributed by atoms with E-state index in [1.165, 1.54) is 41.3 Å². The third-order valence-electron chi connectivity index (χ3n) is 5.65. The number of carbonyl (C=O) groups excluding carboxylic acids is 1. The average molecular weight is 548 g/mol. The molecule has 0 saturated carbocycles. The molecule has 0 unspecified atom stereocenters. The number of nitrogens with zero attached hydrogens (tertiary/aromatic N) is 4. The molecule has 37 heavy (non-hydrogen) atoms. The van der Waals surface area contributed by atoms with Crippen LogP contribution in [-0.4, -0.2) is 51.4 Å². The highest BCUT2D eigenvalue weighted by Gasteiger charge is 2.39. The predicted octanol–water partition coefficient (Wildman–Crippen LogP) is 5.49. The summed E-state index contributed by atoms with van der Waals surface area (Å²) in [5.41, 5.74) is -0.964. The lowest BCUT2D eigenvalue weighted by Gasteiger charge is -2.35. The average Bonchev–Trinajstić information content (AvgIpc) is 3.33. The van der Waals surface area contributed by atoms with Gasteiger partial charge in [-0.15, -0.1) is 10.2 Å². The quantitative estimate of drug-likeness (QED) is 0.342. The number of urea groups is 1. The molecule has 2 heterocycles. The minimum absolute atomic E-state index is 0.102. The number of amides is 2. The first-order valence-corrected chi connectivity index (χ1v) is 12.8. The van der Waals surface area contributed by atoms with E-state index in [0.29, 0.717) is 5.56 Å². The van der Waals surface area contributed by atoms with E-state index < -0.39 is 48.8 Å². The molecule has 2 amide bonds. The summed E-state index contributed by atoms with van der Waals surface area (Å²) in [5.74, 6) is -1.93. The third kappa shape index (κ3) is 6.13. The van der Waals surface area contributed by atoms with Crippen molar-refractivity contribution in [3.8, 4) is 11.5 Å². The Labute approximate surface area is 206 Å². The Kier molecular flexibility index (Phi) is 7.08. The summed E-state index contributed by atoms with van der Waals surface area (Å²) >= 11 is 0. The Hall–Kier alpha value is -3.38. The van der Waals surface area contributed by atoms with Crippen LogP contribution in [0, 0.1) is 0 Å². The molecule has 1 aliphatic heterocycles. The van der Waals surface area contributed by atoms with Crippen LogP contribution in [0.15, 0.2) is 52.9 Å². The van der Waals surface area contributed by atoms with E-state index in [0.717, 1.165) is 17.0 Å². The first-order chi connectivity index (χ1) is 17.2. The van der Waals surface area contributed by atoms with Crippen LogP contribution in [-0.2, 0) is 23.5 Å². The molecule has 0 radical (unpaired) electrons. The molecule has 1 fully saturated rings. The van der Waals surface area contributed by atoms with E-state index in [2.05, 4.69) is 14.6 Å². The van der Waals surface area contributed by atoms with E-state index in [4.69, 9.17) is 0 Å². The van der Waals surface area contributed by atoms with E-state index in [1.807, 2.05) is 0 Å². The van der Waals surface area contributed by atoms with Gasteiger partial charge in [0.15, 0.2) is 0 Å². The van der Waals surface area contributed by atoms with Crippen LogP contribution in [0.3, 0.4) is 0 Å². The van der Waals surface area contributed by atoms with Crippen LogP contribution in [0.25, 0.3) is 11.5 Å². The number of hydrogen-bond donors (Lipinski definition) is 1. The van der Waals surface area contributed by atoms with E-state index in [-0.39, 0.29) is 37.5 Å². The van der Waals surface area contributed by atoms with Gasteiger partial charge < -0.3 is 14.2 Å². The Morgan fingerprint density at radius 3 is 2.16 bits per heavy atom. The van der Waals surface area contributed by atoms with Gasteiger partial charge in [0.1, 0.15) is 0 Å². The van der Waals surface area contributed by atoms with Crippen molar-refractivity contribution in [2.75, 3.05) is 30.3 Å². The van der Waals surface area contributed by atoms with Gasteiger partial charge >= 0.3 is 24.3 Å². The lowest BCUT2D eigenvalue weighted by atomic mass is 10.1. The molecule has 198 valence electrons. The van der Waals surface area contributed by atoms with Crippen molar-refractivity contribution in [3.63, 3.8) is 0 Å². The van der Waals surface area contributed by atoms with Gasteiger partial charge in [-0.25, -0.2) is 4.79 Å². The third-order valence-corrected chi connectivity index (χ3v) is 7.45. The molecule has 8 nitrogen and oxygen atoms in total. The van der Waals surface area contributed by atoms with Crippen LogP contribution >= 0.6 is 7.37 Å². The van der Waals surface area contributed by atoms with Crippen molar-refractivity contribution in [2.24, 2.45) is 0 Å². The zero-order valence-electron chi connectivity index (χ0n) is 18.8. The second-order valence-corrected chi connectivity index (χ2v) is 10.9. The van der Waals surface area contributed by atoms with Crippen LogP contribution in [0.2, 0.25) is 0 Å². The summed E-state index contributed by atoms with van der Waals surface area (Å²) < 4.78 is 96.0. The first kappa shape index (κ1) is 26.7. The fourth-order valence-electron chi connectivity index (χ4n) is 3.73. The highest BCUT2D eigenvalue weighted by Crippen LogP contribution is 2.43. The number of benzene rings is 2. The Morgan fingerprint density at radius 2 is 1.59 bits per heavy atom. The standard InChI is InChI=1S/C22H19F6N4O4P/c23-21(24,25)16-3-1-2-4-17(16)32(20(33)31-9-11-37(34,35)12-10-31)13-14-5-7-15(8-6-14)18-29-30-19(36-18)22(26,27)28/h1-8H,9-13H2,(H,34,35). The van der Waals surface area contributed by atoms with Gasteiger partial charge in [-0.05, 0) is 29.8 Å². The molecular weight excluding hydrogens is 529 g/mol. The fraction of sp³-hybridized carbons (Fsp3) is 0.318. The number of anilines is 1. The number of rotatable bonds is 4. The van der Waals surface area contributed by atoms with Gasteiger partial charge in [0.25, 0.3) is 0 Å². The largest absolute Gasteiger partial charge is 0.470 e. The Bertz CT molecular complexity index is 1310. The smallest absolute Gasteiger partial charge is 0.413 e. The summed E-state index contributed by atoms with van der Waals surface area (Å²) in [6.07, 6.45) is -9.94. The van der Waals surface area contributed by atoms with Crippen molar-refractivity contribution >= 4 is 19.1 Å². The number of hydrogen-bond acceptors (Lipinski definition) is 5. The summed E-state index contributed by atoms with van der Waals surface area (Å²) in [6, 6.07) is 9.22. The molecule has 4 rings (SSSR count). The van der Waals surface area contributed by atoms with Gasteiger partial charge in [-0.1, -0.05) is 24.3 Å². The first-order valence-electron chi connectivity index (χ1n) is 10.8. The van der Waals surface area contributed by atoms with Crippen LogP contribution < -0.4 is 4.90 Å². The summed E-state index contributed by atoms with van der Waals surface area (Å²) in [7, 11) is -3.39. The maximum atomic E-state index is 13.8. The maximum Gasteiger partial charge on any atom is 0.470 e. The molecular formula is C22H19F6N4O4P. The molecule has 1 N–H and O–H groups in total. The molecule has 1 aliphatic rings. The molecule has 3 aromatic rings. The fourth-order valence-corrected chi connectivity index (χ4v) is 5.07. The van der Waals surface area contributed by atoms with Crippen molar-refractivity contribution < 1.29 is 45.0 Å². The summed E-state index contributed by atoms with van der Waals surface area (Å²) in [5, 5.41) is 6.30. The van der Waals surface area contributed by atoms with Crippen molar-refractivity contribution in [1.29, 1.82) is 0 Å². The maximum absolute atomic E-state index is 13.8. The lowest BCUT2D eigenvalue weighted by molar-refractivity contribution is -0.157. The molecule has 0 aliphatic carbocycles. The van der Waals surface area contributed by atoms with Crippen LogP contribution in [0.1, 0.15) is 17.0 Å². The Balaban J connectivity index is 1.64. The molecule has 1 saturated heterocycles. The molecule has 15 heteroatoms. The second-order valence-electron chi connectivity index (χ2n) is 8.27. The number of aromatic nitrogens is 2. The minimum atomic E-state index is -4.82. The summed E-state index contributed by atoms with van der Waals surface area (Å²) in [6.45, 7) is -0.527. The van der Waals surface area contributed by atoms with Crippen molar-refractivity contribution in [1.82, 2.24) is 15.1 Å². The summed E-state index contributed by atoms with van der Waals surface area (Å²) in [4.78, 5) is 25.2. The molecule has 1 aromatic heterocycles. The molecule has 0 atom stereocenters. The number of para-hydroxylation sites is 1. The van der Waals surface area contributed by atoms with Crippen molar-refractivity contribution in [2.45, 2.75) is 18.9 Å². The SMILES string of the molecule is O=C(N1CCP(=O)(O)CC1)N(Cc1ccc(-c2nnc(C(F)(F)F)o2)cc1)c1ccccc1C(F)(F)F. The number of alkyl halides is 6. The van der Waals surface area contributed by atoms with Gasteiger partial charge in [0, 0.05) is 31.0 Å². The lowest BCUT2D eigenvalue weighted by Crippen LogP contribution is -2.47. The van der Waals surface area contributed by atoms with Crippen molar-refractivity contribution in [3.05, 3.63) is 65.5 Å². The Morgan fingerprint density at radius 1 is 0.973 bits per heavy atom. The van der Waals surface area contributed by atoms with E-state index in [1.54, 1.807) is 0 Å². The second kappa shape index (κ2) is 9.82. The number of carbonyl (C=O) groups is 1. The predicted molar refractivity (Wildman–Crippen MR) is 119 cm³/mol. The van der Waals surface area contributed by atoms with Gasteiger partial charge in [-0.2, -0.15) is 26.3 Å². The molecule has 0 bridgehead atoms. The van der Waals surface area contributed by atoms with E-state index >= 15 is 0 Å². The van der Waals surface area contributed by atoms with Crippen LogP contribution in [0.4, 0.5) is 36.8 Å². The van der Waals surface area contributed by atoms with E-state index in [9.17, 15) is 40.6 Å². The highest BCUT2D eigenvalue weighted by atomic mass is 31.2. The van der Waals surface area contributed by atoms with Gasteiger partial charge in [0.2, 0.25) is 13.3 Å². The monoisotopic (exact) mass is 548 g/mol. The van der Waals surface area contributed by atoms with Crippen LogP contribution in [0.5, 0.6) is 0 Å². The highest BCUT2D eigenvalue weighted by molar-refractivity contribution is 7.58. The molecule has 0 spiro atoms.